The Morgan fingerprint density at radius 1 is 1.03 bits per heavy atom. The van der Waals surface area contributed by atoms with Gasteiger partial charge in [0, 0.05) is 31.4 Å². The van der Waals surface area contributed by atoms with Crippen molar-refractivity contribution in [3.8, 4) is 0 Å². The molecule has 0 fully saturated rings. The van der Waals surface area contributed by atoms with Crippen LogP contribution in [0.1, 0.15) is 15.9 Å². The van der Waals surface area contributed by atoms with Crippen LogP contribution in [0.15, 0.2) is 54.7 Å². The predicted molar refractivity (Wildman–Crippen MR) is 120 cm³/mol. The van der Waals surface area contributed by atoms with Crippen molar-refractivity contribution < 1.29 is 9.59 Å². The molecule has 7 nitrogen and oxygen atoms in total. The minimum absolute atomic E-state index is 0.193. The topological polar surface area (TPSA) is 79.3 Å². The Hall–Kier alpha value is -3.03. The number of aromatic nitrogens is 2. The Bertz CT molecular complexity index is 1050. The molecule has 9 heteroatoms. The van der Waals surface area contributed by atoms with Gasteiger partial charge in [-0.15, -0.1) is 0 Å². The van der Waals surface area contributed by atoms with E-state index >= 15 is 0 Å². The molecule has 0 saturated heterocycles. The van der Waals surface area contributed by atoms with Gasteiger partial charge in [-0.3, -0.25) is 9.59 Å². The Labute approximate surface area is 184 Å². The summed E-state index contributed by atoms with van der Waals surface area (Å²) in [4.78, 5) is 26.5. The molecule has 0 saturated carbocycles. The predicted octanol–water partition coefficient (Wildman–Crippen LogP) is 3.67. The average molecular weight is 446 g/mol. The van der Waals surface area contributed by atoms with E-state index in [-0.39, 0.29) is 17.5 Å². The highest BCUT2D eigenvalue weighted by atomic mass is 35.5. The highest BCUT2D eigenvalue weighted by Gasteiger charge is 2.12. The number of anilines is 2. The first-order valence-electron chi connectivity index (χ1n) is 9.14. The molecule has 2 aromatic carbocycles. The minimum atomic E-state index is -0.418. The molecule has 3 aromatic rings. The summed E-state index contributed by atoms with van der Waals surface area (Å²) in [7, 11) is 3.97. The van der Waals surface area contributed by atoms with Gasteiger partial charge in [0.1, 0.15) is 5.82 Å². The summed E-state index contributed by atoms with van der Waals surface area (Å²) in [6, 6.07) is 14.3. The van der Waals surface area contributed by atoms with Crippen molar-refractivity contribution in [2.24, 2.45) is 0 Å². The molecule has 0 aliphatic carbocycles. The van der Waals surface area contributed by atoms with Crippen molar-refractivity contribution in [3.05, 3.63) is 75.9 Å². The summed E-state index contributed by atoms with van der Waals surface area (Å²) in [5.41, 5.74) is 2.47. The van der Waals surface area contributed by atoms with Crippen molar-refractivity contribution in [2.75, 3.05) is 30.9 Å². The lowest BCUT2D eigenvalue weighted by molar-refractivity contribution is -0.115. The third-order valence-electron chi connectivity index (χ3n) is 4.36. The van der Waals surface area contributed by atoms with Crippen LogP contribution in [0.2, 0.25) is 10.0 Å². The molecule has 0 aliphatic rings. The number of halogens is 2. The molecule has 2 amide bonds. The van der Waals surface area contributed by atoms with Gasteiger partial charge in [-0.25, -0.2) is 4.68 Å². The number of hydrogen-bond acceptors (Lipinski definition) is 4. The van der Waals surface area contributed by atoms with Gasteiger partial charge in [0.2, 0.25) is 5.91 Å². The monoisotopic (exact) mass is 445 g/mol. The minimum Gasteiger partial charge on any atom is -0.378 e. The zero-order valence-electron chi connectivity index (χ0n) is 16.5. The molecule has 0 spiro atoms. The van der Waals surface area contributed by atoms with Crippen molar-refractivity contribution in [3.63, 3.8) is 0 Å². The number of rotatable bonds is 7. The Morgan fingerprint density at radius 2 is 1.77 bits per heavy atom. The van der Waals surface area contributed by atoms with Crippen LogP contribution < -0.4 is 15.5 Å². The number of nitrogens with one attached hydrogen (secondary N) is 2. The van der Waals surface area contributed by atoms with Gasteiger partial charge in [0.25, 0.3) is 5.91 Å². The van der Waals surface area contributed by atoms with Crippen LogP contribution in [0, 0.1) is 0 Å². The zero-order valence-corrected chi connectivity index (χ0v) is 18.0. The highest BCUT2D eigenvalue weighted by Crippen LogP contribution is 2.22. The van der Waals surface area contributed by atoms with E-state index in [2.05, 4.69) is 15.7 Å². The summed E-state index contributed by atoms with van der Waals surface area (Å²) in [6.07, 6.45) is 1.61. The lowest BCUT2D eigenvalue weighted by atomic mass is 10.2. The molecule has 0 atom stereocenters. The summed E-state index contributed by atoms with van der Waals surface area (Å²) in [6.45, 7) is 0.313. The molecule has 30 heavy (non-hydrogen) atoms. The number of carbonyl (C=O) groups excluding carboxylic acids is 2. The molecular weight excluding hydrogens is 425 g/mol. The van der Waals surface area contributed by atoms with E-state index in [9.17, 15) is 9.59 Å². The summed E-state index contributed by atoms with van der Waals surface area (Å²) in [5, 5.41) is 10.2. The summed E-state index contributed by atoms with van der Waals surface area (Å²) in [5.74, 6) is -0.244. The Kier molecular flexibility index (Phi) is 6.97. The maximum Gasteiger partial charge on any atom is 0.251 e. The van der Waals surface area contributed by atoms with Gasteiger partial charge in [-0.1, -0.05) is 35.3 Å². The number of benzene rings is 2. The van der Waals surface area contributed by atoms with Crippen LogP contribution in [0.3, 0.4) is 0 Å². The van der Waals surface area contributed by atoms with E-state index in [1.165, 1.54) is 18.2 Å². The lowest BCUT2D eigenvalue weighted by Gasteiger charge is -2.13. The SMILES string of the molecule is CN(C)c1ccc(Cn2nccc2NC(=O)CNC(=O)c2ccc(Cl)c(Cl)c2)cc1. The first-order chi connectivity index (χ1) is 14.3. The lowest BCUT2D eigenvalue weighted by Crippen LogP contribution is -2.33. The van der Waals surface area contributed by atoms with Crippen LogP contribution in [0.4, 0.5) is 11.5 Å². The molecule has 0 aliphatic heterocycles. The van der Waals surface area contributed by atoms with E-state index < -0.39 is 5.91 Å². The molecule has 1 heterocycles. The fraction of sp³-hybridized carbons (Fsp3) is 0.190. The van der Waals surface area contributed by atoms with E-state index in [4.69, 9.17) is 23.2 Å². The fourth-order valence-corrected chi connectivity index (χ4v) is 3.02. The van der Waals surface area contributed by atoms with Gasteiger partial charge < -0.3 is 15.5 Å². The molecule has 156 valence electrons. The quantitative estimate of drug-likeness (QED) is 0.581. The molecule has 3 rings (SSSR count). The number of amides is 2. The maximum absolute atomic E-state index is 12.3. The van der Waals surface area contributed by atoms with Crippen LogP contribution in [0.5, 0.6) is 0 Å². The van der Waals surface area contributed by atoms with Crippen molar-refractivity contribution >= 4 is 46.5 Å². The van der Waals surface area contributed by atoms with E-state index in [1.807, 2.05) is 43.3 Å². The number of hydrogen-bond donors (Lipinski definition) is 2. The highest BCUT2D eigenvalue weighted by molar-refractivity contribution is 6.42. The molecule has 0 radical (unpaired) electrons. The van der Waals surface area contributed by atoms with Gasteiger partial charge in [-0.05, 0) is 35.9 Å². The van der Waals surface area contributed by atoms with Crippen molar-refractivity contribution in [2.45, 2.75) is 6.54 Å². The molecule has 0 bridgehead atoms. The zero-order chi connectivity index (χ0) is 21.7. The second-order valence-corrected chi connectivity index (χ2v) is 7.61. The normalized spacial score (nSPS) is 10.5. The first kappa shape index (κ1) is 21.7. The van der Waals surface area contributed by atoms with E-state index in [0.29, 0.717) is 22.9 Å². The second-order valence-electron chi connectivity index (χ2n) is 6.79. The standard InChI is InChI=1S/C21H21Cl2N5O2/c1-27(2)16-6-3-14(4-7-16)13-28-19(9-10-25-28)26-20(29)12-24-21(30)15-5-8-17(22)18(23)11-15/h3-11H,12-13H2,1-2H3,(H,24,30)(H,26,29). The van der Waals surface area contributed by atoms with Gasteiger partial charge in [0.15, 0.2) is 0 Å². The Morgan fingerprint density at radius 3 is 2.43 bits per heavy atom. The second kappa shape index (κ2) is 9.65. The van der Waals surface area contributed by atoms with Gasteiger partial charge >= 0.3 is 0 Å². The number of nitrogens with zero attached hydrogens (tertiary/aromatic N) is 3. The maximum atomic E-state index is 12.3. The van der Waals surface area contributed by atoms with E-state index in [1.54, 1.807) is 16.9 Å². The summed E-state index contributed by atoms with van der Waals surface area (Å²) >= 11 is 11.8. The fourth-order valence-electron chi connectivity index (χ4n) is 2.72. The van der Waals surface area contributed by atoms with Gasteiger partial charge in [0.05, 0.1) is 29.3 Å². The van der Waals surface area contributed by atoms with Crippen molar-refractivity contribution in [1.29, 1.82) is 0 Å². The summed E-state index contributed by atoms with van der Waals surface area (Å²) < 4.78 is 1.68. The largest absolute Gasteiger partial charge is 0.378 e. The van der Waals surface area contributed by atoms with Crippen LogP contribution >= 0.6 is 23.2 Å². The van der Waals surface area contributed by atoms with Crippen LogP contribution in [-0.2, 0) is 11.3 Å². The molecule has 0 unspecified atom stereocenters. The third kappa shape index (κ3) is 5.52. The van der Waals surface area contributed by atoms with E-state index in [0.717, 1.165) is 11.3 Å². The Balaban J connectivity index is 1.56. The van der Waals surface area contributed by atoms with Crippen LogP contribution in [-0.4, -0.2) is 42.2 Å². The number of carbonyl (C=O) groups is 2. The van der Waals surface area contributed by atoms with Gasteiger partial charge in [-0.2, -0.15) is 5.10 Å². The first-order valence-corrected chi connectivity index (χ1v) is 9.90. The molecule has 2 N–H and O–H groups in total. The van der Waals surface area contributed by atoms with Crippen molar-refractivity contribution in [1.82, 2.24) is 15.1 Å². The molecular formula is C21H21Cl2N5O2. The van der Waals surface area contributed by atoms with Crippen LogP contribution in [0.25, 0.3) is 0 Å². The smallest absolute Gasteiger partial charge is 0.251 e. The molecule has 1 aromatic heterocycles. The third-order valence-corrected chi connectivity index (χ3v) is 5.10. The average Bonchev–Trinajstić information content (AvgIpc) is 3.15.